The van der Waals surface area contributed by atoms with Crippen molar-refractivity contribution in [2.24, 2.45) is 0 Å². The van der Waals surface area contributed by atoms with Crippen LogP contribution in [0.15, 0.2) is 35.6 Å². The third-order valence-electron chi connectivity index (χ3n) is 4.81. The van der Waals surface area contributed by atoms with Crippen LogP contribution in [-0.2, 0) is 9.59 Å². The van der Waals surface area contributed by atoms with Crippen LogP contribution in [0.2, 0.25) is 0 Å². The molecule has 1 aliphatic heterocycles. The molecule has 0 aliphatic carbocycles. The first-order chi connectivity index (χ1) is 12.3. The van der Waals surface area contributed by atoms with Crippen molar-refractivity contribution in [1.29, 1.82) is 0 Å². The summed E-state index contributed by atoms with van der Waals surface area (Å²) >= 11 is 0. The molecule has 0 saturated heterocycles. The van der Waals surface area contributed by atoms with Crippen LogP contribution in [0.1, 0.15) is 32.4 Å². The van der Waals surface area contributed by atoms with Gasteiger partial charge in [-0.1, -0.05) is 0 Å². The number of nitro groups is 1. The standard InChI is InChI=1S/C18H23N3O5/c1-4-19(5-2)10-11-20-16(15(12(3)22)17(23)18(20)24)13-6-8-14(9-7-13)21(25)26/h6-9,16,23H,4-5,10-11H2,1-3H3/p+1/t16-/m1/s1. The van der Waals surface area contributed by atoms with Crippen LogP contribution in [0.25, 0.3) is 0 Å². The number of carbonyl (C=O) groups excluding carboxylic acids is 2. The number of amides is 1. The van der Waals surface area contributed by atoms with Crippen molar-refractivity contribution in [3.63, 3.8) is 0 Å². The van der Waals surface area contributed by atoms with Gasteiger partial charge in [0.1, 0.15) is 0 Å². The minimum absolute atomic E-state index is 0.0402. The summed E-state index contributed by atoms with van der Waals surface area (Å²) in [7, 11) is 0. The molecule has 26 heavy (non-hydrogen) atoms. The Bertz CT molecular complexity index is 738. The molecule has 0 saturated carbocycles. The highest BCUT2D eigenvalue weighted by Crippen LogP contribution is 2.37. The number of quaternary nitrogens is 1. The number of likely N-dealkylation sites (N-methyl/N-ethyl adjacent to an activating group) is 1. The molecule has 0 fully saturated rings. The van der Waals surface area contributed by atoms with Crippen molar-refractivity contribution < 1.29 is 24.5 Å². The van der Waals surface area contributed by atoms with Gasteiger partial charge in [-0.25, -0.2) is 0 Å². The number of aliphatic hydroxyl groups excluding tert-OH is 1. The molecule has 1 aromatic rings. The minimum atomic E-state index is -0.726. The van der Waals surface area contributed by atoms with E-state index in [0.29, 0.717) is 18.7 Å². The minimum Gasteiger partial charge on any atom is -0.503 e. The smallest absolute Gasteiger partial charge is 0.290 e. The molecule has 140 valence electrons. The number of aliphatic hydroxyl groups is 1. The van der Waals surface area contributed by atoms with Crippen LogP contribution in [-0.4, -0.2) is 52.8 Å². The summed E-state index contributed by atoms with van der Waals surface area (Å²) in [6.45, 7) is 8.26. The average Bonchev–Trinajstić information content (AvgIpc) is 2.87. The summed E-state index contributed by atoms with van der Waals surface area (Å²) in [6, 6.07) is 4.99. The second kappa shape index (κ2) is 8.09. The lowest BCUT2D eigenvalue weighted by Gasteiger charge is -2.28. The van der Waals surface area contributed by atoms with Gasteiger partial charge >= 0.3 is 0 Å². The van der Waals surface area contributed by atoms with Crippen LogP contribution in [0.4, 0.5) is 5.69 Å². The van der Waals surface area contributed by atoms with Gasteiger partial charge in [0.2, 0.25) is 0 Å². The fourth-order valence-electron chi connectivity index (χ4n) is 3.25. The number of nitrogens with zero attached hydrogens (tertiary/aromatic N) is 2. The fourth-order valence-corrected chi connectivity index (χ4v) is 3.25. The fraction of sp³-hybridized carbons (Fsp3) is 0.444. The Kier molecular flexibility index (Phi) is 6.10. The maximum absolute atomic E-state index is 12.5. The van der Waals surface area contributed by atoms with E-state index >= 15 is 0 Å². The van der Waals surface area contributed by atoms with E-state index in [1.165, 1.54) is 41.0 Å². The SMILES string of the molecule is CC[NH+](CC)CCN1C(=O)C(O)=C(C(C)=O)[C@H]1c1ccc([N+](=O)[O-])cc1. The van der Waals surface area contributed by atoms with Crippen LogP contribution >= 0.6 is 0 Å². The van der Waals surface area contributed by atoms with Gasteiger partial charge in [0.25, 0.3) is 11.6 Å². The summed E-state index contributed by atoms with van der Waals surface area (Å²) in [5.41, 5.74) is 0.529. The number of hydrogen-bond acceptors (Lipinski definition) is 5. The predicted molar refractivity (Wildman–Crippen MR) is 94.8 cm³/mol. The number of Topliss-reactive ketones (excluding diaryl/α,β-unsaturated/α-hetero) is 1. The van der Waals surface area contributed by atoms with E-state index in [4.69, 9.17) is 0 Å². The maximum atomic E-state index is 12.5. The molecule has 2 N–H and O–H groups in total. The summed E-state index contributed by atoms with van der Waals surface area (Å²) in [5, 5.41) is 21.1. The molecule has 0 radical (unpaired) electrons. The number of carbonyl (C=O) groups is 2. The van der Waals surface area contributed by atoms with E-state index in [-0.39, 0.29) is 11.3 Å². The van der Waals surface area contributed by atoms with Gasteiger partial charge < -0.3 is 14.9 Å². The third-order valence-corrected chi connectivity index (χ3v) is 4.81. The first kappa shape index (κ1) is 19.6. The van der Waals surface area contributed by atoms with E-state index in [1.54, 1.807) is 0 Å². The zero-order valence-corrected chi connectivity index (χ0v) is 15.2. The predicted octanol–water partition coefficient (Wildman–Crippen LogP) is 0.804. The average molecular weight is 362 g/mol. The van der Waals surface area contributed by atoms with E-state index in [2.05, 4.69) is 13.8 Å². The van der Waals surface area contributed by atoms with Gasteiger partial charge in [-0.15, -0.1) is 0 Å². The largest absolute Gasteiger partial charge is 0.503 e. The van der Waals surface area contributed by atoms with Crippen molar-refractivity contribution >= 4 is 17.4 Å². The maximum Gasteiger partial charge on any atom is 0.290 e. The van der Waals surface area contributed by atoms with E-state index in [9.17, 15) is 24.8 Å². The number of benzene rings is 1. The van der Waals surface area contributed by atoms with Crippen molar-refractivity contribution in [1.82, 2.24) is 4.90 Å². The van der Waals surface area contributed by atoms with Crippen molar-refractivity contribution in [3.8, 4) is 0 Å². The Balaban J connectivity index is 2.38. The monoisotopic (exact) mass is 362 g/mol. The lowest BCUT2D eigenvalue weighted by Crippen LogP contribution is -3.12. The normalized spacial score (nSPS) is 17.3. The molecule has 1 aliphatic rings. The summed E-state index contributed by atoms with van der Waals surface area (Å²) in [6.07, 6.45) is 0. The molecular formula is C18H24N3O5+. The van der Waals surface area contributed by atoms with Crippen molar-refractivity contribution in [2.45, 2.75) is 26.8 Å². The number of non-ortho nitro benzene ring substituents is 1. The molecular weight excluding hydrogens is 338 g/mol. The Hall–Kier alpha value is -2.74. The molecule has 1 aromatic carbocycles. The number of nitro benzene ring substituents is 1. The molecule has 0 spiro atoms. The molecule has 1 atom stereocenters. The molecule has 1 heterocycles. The highest BCUT2D eigenvalue weighted by molar-refractivity contribution is 6.08. The summed E-state index contributed by atoms with van der Waals surface area (Å²) in [5.74, 6) is -1.50. The summed E-state index contributed by atoms with van der Waals surface area (Å²) < 4.78 is 0. The van der Waals surface area contributed by atoms with Crippen LogP contribution in [0.5, 0.6) is 0 Å². The Labute approximate surface area is 151 Å². The first-order valence-electron chi connectivity index (χ1n) is 8.64. The Morgan fingerprint density at radius 1 is 1.27 bits per heavy atom. The van der Waals surface area contributed by atoms with Crippen LogP contribution in [0, 0.1) is 10.1 Å². The van der Waals surface area contributed by atoms with Gasteiger partial charge in [0.05, 0.1) is 42.7 Å². The van der Waals surface area contributed by atoms with Crippen LogP contribution < -0.4 is 4.90 Å². The molecule has 0 unspecified atom stereocenters. The van der Waals surface area contributed by atoms with Crippen molar-refractivity contribution in [2.75, 3.05) is 26.2 Å². The number of ketones is 1. The highest BCUT2D eigenvalue weighted by Gasteiger charge is 2.42. The van der Waals surface area contributed by atoms with E-state index < -0.39 is 28.4 Å². The number of hydrogen-bond donors (Lipinski definition) is 2. The number of nitrogens with one attached hydrogen (secondary N) is 1. The molecule has 8 nitrogen and oxygen atoms in total. The van der Waals surface area contributed by atoms with Crippen molar-refractivity contribution in [3.05, 3.63) is 51.3 Å². The molecule has 0 bridgehead atoms. The second-order valence-corrected chi connectivity index (χ2v) is 6.28. The van der Waals surface area contributed by atoms with Gasteiger partial charge in [-0.05, 0) is 38.5 Å². The topological polar surface area (TPSA) is 105 Å². The van der Waals surface area contributed by atoms with E-state index in [1.807, 2.05) is 0 Å². The highest BCUT2D eigenvalue weighted by atomic mass is 16.6. The number of rotatable bonds is 8. The van der Waals surface area contributed by atoms with E-state index in [0.717, 1.165) is 13.1 Å². The van der Waals surface area contributed by atoms with Gasteiger partial charge in [-0.2, -0.15) is 0 Å². The lowest BCUT2D eigenvalue weighted by atomic mass is 9.96. The van der Waals surface area contributed by atoms with Gasteiger partial charge in [0.15, 0.2) is 11.5 Å². The molecule has 2 rings (SSSR count). The second-order valence-electron chi connectivity index (χ2n) is 6.28. The lowest BCUT2D eigenvalue weighted by molar-refractivity contribution is -0.895. The Morgan fingerprint density at radius 3 is 2.31 bits per heavy atom. The molecule has 8 heteroatoms. The quantitative estimate of drug-likeness (QED) is 0.526. The molecule has 0 aromatic heterocycles. The zero-order chi connectivity index (χ0) is 19.4. The zero-order valence-electron chi connectivity index (χ0n) is 15.2. The Morgan fingerprint density at radius 2 is 1.85 bits per heavy atom. The summed E-state index contributed by atoms with van der Waals surface area (Å²) in [4.78, 5) is 37.7. The third kappa shape index (κ3) is 3.75. The van der Waals surface area contributed by atoms with Crippen LogP contribution in [0.3, 0.4) is 0 Å². The molecule has 1 amide bonds. The van der Waals surface area contributed by atoms with Gasteiger partial charge in [-0.3, -0.25) is 19.7 Å². The van der Waals surface area contributed by atoms with Gasteiger partial charge in [0, 0.05) is 12.1 Å². The first-order valence-corrected chi connectivity index (χ1v) is 8.64.